The zero-order valence-electron chi connectivity index (χ0n) is 10.8. The van der Waals surface area contributed by atoms with Crippen molar-refractivity contribution in [2.24, 2.45) is 10.9 Å². The molecule has 2 heterocycles. The fourth-order valence-corrected chi connectivity index (χ4v) is 3.13. The molecule has 20 heavy (non-hydrogen) atoms. The molecule has 10 heteroatoms. The molecule has 1 aromatic rings. The van der Waals surface area contributed by atoms with Gasteiger partial charge in [0.1, 0.15) is 28.6 Å². The number of primary amides is 1. The lowest BCUT2D eigenvalue weighted by molar-refractivity contribution is 0.0652. The second kappa shape index (κ2) is 5.04. The summed E-state index contributed by atoms with van der Waals surface area (Å²) in [5.41, 5.74) is 4.96. The van der Waals surface area contributed by atoms with Crippen LogP contribution in [0, 0.1) is 13.8 Å². The summed E-state index contributed by atoms with van der Waals surface area (Å²) in [4.78, 5) is 15.4. The molecule has 0 aromatic carbocycles. The Morgan fingerprint density at radius 3 is 2.55 bits per heavy atom. The molecular formula is C10H13N3O6S. The second-order valence-electron chi connectivity index (χ2n) is 3.97. The van der Waals surface area contributed by atoms with Crippen LogP contribution in [0.1, 0.15) is 17.1 Å². The highest BCUT2D eigenvalue weighted by molar-refractivity contribution is 7.90. The monoisotopic (exact) mass is 303 g/mol. The van der Waals surface area contributed by atoms with Crippen LogP contribution >= 0.6 is 0 Å². The molecule has 1 aliphatic heterocycles. The number of urea groups is 1. The minimum Gasteiger partial charge on any atom is -0.471 e. The van der Waals surface area contributed by atoms with Gasteiger partial charge in [0.15, 0.2) is 6.61 Å². The Labute approximate surface area is 114 Å². The zero-order valence-corrected chi connectivity index (χ0v) is 11.6. The van der Waals surface area contributed by atoms with Crippen LogP contribution < -0.4 is 10.5 Å². The lowest BCUT2D eigenvalue weighted by Crippen LogP contribution is -2.36. The van der Waals surface area contributed by atoms with Gasteiger partial charge in [-0.1, -0.05) is 0 Å². The molecule has 0 spiro atoms. The van der Waals surface area contributed by atoms with E-state index < -0.39 is 16.1 Å². The summed E-state index contributed by atoms with van der Waals surface area (Å²) >= 11 is 0. The molecule has 3 N–H and O–H groups in total. The molecule has 9 nitrogen and oxygen atoms in total. The predicted molar refractivity (Wildman–Crippen MR) is 66.5 cm³/mol. The molecule has 0 bridgehead atoms. The maximum Gasteiger partial charge on any atom is 0.326 e. The van der Waals surface area contributed by atoms with Crippen molar-refractivity contribution < 1.29 is 27.2 Å². The molecule has 0 atom stereocenters. The maximum absolute atomic E-state index is 12.1. The molecule has 0 unspecified atom stereocenters. The Morgan fingerprint density at radius 2 is 2.00 bits per heavy atom. The number of furan rings is 1. The van der Waals surface area contributed by atoms with Gasteiger partial charge >= 0.3 is 6.03 Å². The number of hydrogen-bond donors (Lipinski definition) is 2. The van der Waals surface area contributed by atoms with Crippen molar-refractivity contribution in [1.29, 1.82) is 0 Å². The van der Waals surface area contributed by atoms with E-state index in [1.807, 2.05) is 0 Å². The number of carbonyl (C=O) groups is 1. The highest BCUT2D eigenvalue weighted by atomic mass is 32.2. The van der Waals surface area contributed by atoms with Crippen molar-refractivity contribution in [3.63, 3.8) is 0 Å². The van der Waals surface area contributed by atoms with Crippen LogP contribution in [0.3, 0.4) is 0 Å². The van der Waals surface area contributed by atoms with Gasteiger partial charge in [0.05, 0.1) is 0 Å². The van der Waals surface area contributed by atoms with E-state index in [1.54, 1.807) is 11.6 Å². The van der Waals surface area contributed by atoms with Crippen molar-refractivity contribution in [3.8, 4) is 0 Å². The fourth-order valence-electron chi connectivity index (χ4n) is 1.84. The van der Waals surface area contributed by atoms with E-state index in [-0.39, 0.29) is 41.1 Å². The van der Waals surface area contributed by atoms with E-state index in [9.17, 15) is 13.2 Å². The quantitative estimate of drug-likeness (QED) is 0.805. The number of oxime groups is 1. The van der Waals surface area contributed by atoms with Gasteiger partial charge in [-0.2, -0.15) is 0 Å². The van der Waals surface area contributed by atoms with E-state index in [0.717, 1.165) is 0 Å². The first-order chi connectivity index (χ1) is 9.33. The summed E-state index contributed by atoms with van der Waals surface area (Å²) in [7, 11) is -4.18. The van der Waals surface area contributed by atoms with E-state index in [1.165, 1.54) is 6.92 Å². The first-order valence-corrected chi connectivity index (χ1v) is 7.06. The van der Waals surface area contributed by atoms with Crippen LogP contribution in [0.15, 0.2) is 14.5 Å². The standard InChI is InChI=1S/C10H13N3O6S/c1-5-7(9-12-18-4-3-17-9)8(6(2)19-5)20(15,16)13-10(11)14/h3-4H2,1-2H3,(H3,11,13,14). The molecule has 0 radical (unpaired) electrons. The van der Waals surface area contributed by atoms with Gasteiger partial charge < -0.3 is 19.7 Å². The zero-order chi connectivity index (χ0) is 14.9. The summed E-state index contributed by atoms with van der Waals surface area (Å²) in [6.45, 7) is 3.48. The smallest absolute Gasteiger partial charge is 0.326 e. The number of hydrogen-bond acceptors (Lipinski definition) is 7. The molecule has 0 saturated heterocycles. The second-order valence-corrected chi connectivity index (χ2v) is 5.59. The third kappa shape index (κ3) is 2.54. The molecule has 0 aliphatic carbocycles. The average molecular weight is 303 g/mol. The number of carbonyl (C=O) groups excluding carboxylic acids is 1. The van der Waals surface area contributed by atoms with E-state index >= 15 is 0 Å². The summed E-state index contributed by atoms with van der Waals surface area (Å²) in [6.07, 6.45) is 0. The van der Waals surface area contributed by atoms with Gasteiger partial charge in [0, 0.05) is 0 Å². The minimum atomic E-state index is -4.18. The van der Waals surface area contributed by atoms with E-state index in [2.05, 4.69) is 5.16 Å². The number of nitrogens with one attached hydrogen (secondary N) is 1. The number of ether oxygens (including phenoxy) is 1. The van der Waals surface area contributed by atoms with Gasteiger partial charge in [-0.25, -0.2) is 17.9 Å². The number of rotatable bonds is 3. The van der Waals surface area contributed by atoms with Crippen molar-refractivity contribution >= 4 is 22.0 Å². The Kier molecular flexibility index (Phi) is 3.57. The molecule has 0 fully saturated rings. The van der Waals surface area contributed by atoms with Crippen LogP contribution in [-0.2, 0) is 19.6 Å². The number of aryl methyl sites for hydroxylation is 2. The van der Waals surface area contributed by atoms with Gasteiger partial charge in [-0.15, -0.1) is 0 Å². The number of sulfonamides is 1. The molecular weight excluding hydrogens is 290 g/mol. The molecule has 2 rings (SSSR count). The molecule has 1 aliphatic rings. The van der Waals surface area contributed by atoms with Gasteiger partial charge in [0.25, 0.3) is 15.9 Å². The van der Waals surface area contributed by atoms with Gasteiger partial charge in [-0.3, -0.25) is 0 Å². The molecule has 2 amide bonds. The molecule has 1 aromatic heterocycles. The SMILES string of the molecule is Cc1oc(C)c(S(=O)(=O)NC(N)=O)c1C1=NOCCO1. The Bertz CT molecular complexity index is 675. The first kappa shape index (κ1) is 14.2. The molecule has 0 saturated carbocycles. The lowest BCUT2D eigenvalue weighted by Gasteiger charge is -2.14. The molecule has 110 valence electrons. The Morgan fingerprint density at radius 1 is 1.30 bits per heavy atom. The van der Waals surface area contributed by atoms with Crippen molar-refractivity contribution in [2.45, 2.75) is 18.7 Å². The number of amides is 2. The van der Waals surface area contributed by atoms with Crippen molar-refractivity contribution in [3.05, 3.63) is 17.1 Å². The third-order valence-electron chi connectivity index (χ3n) is 2.48. The van der Waals surface area contributed by atoms with Crippen LogP contribution in [-0.4, -0.2) is 33.6 Å². The average Bonchev–Trinajstić information content (AvgIpc) is 2.64. The third-order valence-corrected chi connectivity index (χ3v) is 3.98. The first-order valence-electron chi connectivity index (χ1n) is 5.58. The van der Waals surface area contributed by atoms with E-state index in [4.69, 9.17) is 19.7 Å². The van der Waals surface area contributed by atoms with Crippen LogP contribution in [0.2, 0.25) is 0 Å². The normalized spacial score (nSPS) is 15.0. The highest BCUT2D eigenvalue weighted by Gasteiger charge is 2.32. The summed E-state index contributed by atoms with van der Waals surface area (Å²) in [5, 5.41) is 3.65. The van der Waals surface area contributed by atoms with Crippen molar-refractivity contribution in [2.75, 3.05) is 13.2 Å². The summed E-state index contributed by atoms with van der Waals surface area (Å²) in [5.74, 6) is 0.343. The highest BCUT2D eigenvalue weighted by Crippen LogP contribution is 2.28. The lowest BCUT2D eigenvalue weighted by atomic mass is 10.2. The maximum atomic E-state index is 12.1. The predicted octanol–water partition coefficient (Wildman–Crippen LogP) is -0.0382. The van der Waals surface area contributed by atoms with Crippen LogP contribution in [0.5, 0.6) is 0 Å². The topological polar surface area (TPSA) is 133 Å². The van der Waals surface area contributed by atoms with Gasteiger partial charge in [0.2, 0.25) is 0 Å². The summed E-state index contributed by atoms with van der Waals surface area (Å²) in [6, 6.07) is -1.20. The Hall–Kier alpha value is -2.23. The van der Waals surface area contributed by atoms with Gasteiger partial charge in [-0.05, 0) is 19.0 Å². The summed E-state index contributed by atoms with van der Waals surface area (Å²) < 4.78 is 36.4. The number of nitrogens with two attached hydrogens (primary N) is 1. The van der Waals surface area contributed by atoms with Crippen LogP contribution in [0.4, 0.5) is 4.79 Å². The fraction of sp³-hybridized carbons (Fsp3) is 0.400. The Balaban J connectivity index is 2.59. The van der Waals surface area contributed by atoms with E-state index in [0.29, 0.717) is 0 Å². The van der Waals surface area contributed by atoms with Crippen LogP contribution in [0.25, 0.3) is 0 Å². The minimum absolute atomic E-state index is 0.0181. The van der Waals surface area contributed by atoms with Crippen molar-refractivity contribution in [1.82, 2.24) is 4.72 Å². The number of nitrogens with zero attached hydrogens (tertiary/aromatic N) is 1. The largest absolute Gasteiger partial charge is 0.471 e.